The summed E-state index contributed by atoms with van der Waals surface area (Å²) in [6.07, 6.45) is 5.67. The number of nitrogens with zero attached hydrogens (tertiary/aromatic N) is 5. The minimum absolute atomic E-state index is 0.111. The van der Waals surface area contributed by atoms with Gasteiger partial charge in [0.15, 0.2) is 0 Å². The lowest BCUT2D eigenvalue weighted by Crippen LogP contribution is -2.23. The zero-order valence-corrected chi connectivity index (χ0v) is 29.8. The summed E-state index contributed by atoms with van der Waals surface area (Å²) in [4.78, 5) is 23.7. The average molecular weight is 662 g/mol. The van der Waals surface area contributed by atoms with Gasteiger partial charge >= 0.3 is 5.69 Å². The Balaban J connectivity index is 1.32. The van der Waals surface area contributed by atoms with Gasteiger partial charge in [0, 0.05) is 30.2 Å². The van der Waals surface area contributed by atoms with Crippen LogP contribution in [0.1, 0.15) is 77.0 Å². The molecule has 0 saturated carbocycles. The van der Waals surface area contributed by atoms with Crippen molar-refractivity contribution in [2.75, 3.05) is 0 Å². The van der Waals surface area contributed by atoms with E-state index in [2.05, 4.69) is 82.3 Å². The average Bonchev–Trinajstić information content (AvgIpc) is 3.70. The molecule has 0 bridgehead atoms. The molecule has 0 aliphatic heterocycles. The monoisotopic (exact) mass is 661 g/mol. The van der Waals surface area contributed by atoms with Crippen LogP contribution in [-0.2, 0) is 5.41 Å². The quantitative estimate of drug-likeness (QED) is 0.163. The Morgan fingerprint density at radius 3 is 2.06 bits per heavy atom. The van der Waals surface area contributed by atoms with Crippen LogP contribution in [0.25, 0.3) is 39.6 Å². The molecule has 3 aromatic heterocycles. The fraction of sp³-hybridized carbons (Fsp3) is 0.233. The first kappa shape index (κ1) is 32.8. The Hall–Kier alpha value is -5.69. The van der Waals surface area contributed by atoms with Crippen molar-refractivity contribution in [2.45, 2.75) is 65.7 Å². The lowest BCUT2D eigenvalue weighted by molar-refractivity contribution is 0.483. The third-order valence-electron chi connectivity index (χ3n) is 9.22. The van der Waals surface area contributed by atoms with Gasteiger partial charge in [-0.3, -0.25) is 9.13 Å². The van der Waals surface area contributed by atoms with Crippen molar-refractivity contribution < 1.29 is 4.74 Å². The van der Waals surface area contributed by atoms with Gasteiger partial charge < -0.3 is 4.74 Å². The lowest BCUT2D eigenvalue weighted by Gasteiger charge is -2.22. The second kappa shape index (κ2) is 13.0. The van der Waals surface area contributed by atoms with Crippen molar-refractivity contribution in [3.8, 4) is 40.1 Å². The molecule has 7 rings (SSSR count). The van der Waals surface area contributed by atoms with Crippen LogP contribution in [0.4, 0.5) is 0 Å². The molecule has 3 heterocycles. The molecule has 0 fully saturated rings. The summed E-state index contributed by atoms with van der Waals surface area (Å²) in [6.45, 7) is 15.4. The summed E-state index contributed by atoms with van der Waals surface area (Å²) in [5, 5.41) is 0. The zero-order chi connectivity index (χ0) is 35.2. The normalized spacial score (nSPS) is 11.9. The highest BCUT2D eigenvalue weighted by Gasteiger charge is 2.22. The third-order valence-corrected chi connectivity index (χ3v) is 9.22. The lowest BCUT2D eigenvalue weighted by atomic mass is 9.88. The number of rotatable bonds is 8. The number of benzene rings is 4. The van der Waals surface area contributed by atoms with Crippen LogP contribution in [0.3, 0.4) is 0 Å². The summed E-state index contributed by atoms with van der Waals surface area (Å²) in [5.74, 6) is 3.39. The van der Waals surface area contributed by atoms with E-state index in [4.69, 9.17) is 9.72 Å². The van der Waals surface area contributed by atoms with Crippen molar-refractivity contribution in [3.63, 3.8) is 0 Å². The molecule has 0 saturated heterocycles. The summed E-state index contributed by atoms with van der Waals surface area (Å²) in [5.41, 5.74) is 7.73. The molecule has 0 aliphatic carbocycles. The van der Waals surface area contributed by atoms with Crippen molar-refractivity contribution in [1.82, 2.24) is 23.7 Å². The van der Waals surface area contributed by atoms with E-state index in [1.165, 1.54) is 16.8 Å². The molecule has 7 heteroatoms. The maximum atomic E-state index is 14.2. The predicted molar refractivity (Wildman–Crippen MR) is 203 cm³/mol. The van der Waals surface area contributed by atoms with Crippen molar-refractivity contribution in [1.29, 1.82) is 0 Å². The zero-order valence-electron chi connectivity index (χ0n) is 29.8. The van der Waals surface area contributed by atoms with Crippen LogP contribution < -0.4 is 10.4 Å². The number of para-hydroxylation sites is 2. The van der Waals surface area contributed by atoms with E-state index >= 15 is 0 Å². The minimum atomic E-state index is -0.196. The van der Waals surface area contributed by atoms with Gasteiger partial charge in [0.1, 0.15) is 23.1 Å². The largest absolute Gasteiger partial charge is 0.457 e. The summed E-state index contributed by atoms with van der Waals surface area (Å²) < 4.78 is 12.1. The standard InChI is InChI=1S/C43H43N5O2/c1-28(2)35-17-12-18-36(29(3)4)40(35)46-24-23-45-41(46)30-13-11-16-33(25-30)50-34-19-20-37-38(27-34)48(39-26-31(21-22-44-39)43(5,6)7)42(49)47(37)32-14-9-8-10-15-32/h8-29H,1-7H3. The molecule has 7 aromatic rings. The molecule has 0 N–H and O–H groups in total. The number of ether oxygens (including phenoxy) is 1. The van der Waals surface area contributed by atoms with Crippen LogP contribution in [-0.4, -0.2) is 23.7 Å². The smallest absolute Gasteiger partial charge is 0.339 e. The van der Waals surface area contributed by atoms with E-state index < -0.39 is 0 Å². The molecule has 0 atom stereocenters. The molecular formula is C43H43N5O2. The van der Waals surface area contributed by atoms with Crippen LogP contribution >= 0.6 is 0 Å². The number of pyridine rings is 1. The Kier molecular flexibility index (Phi) is 8.52. The molecular weight excluding hydrogens is 619 g/mol. The predicted octanol–water partition coefficient (Wildman–Crippen LogP) is 10.4. The molecule has 0 amide bonds. The summed E-state index contributed by atoms with van der Waals surface area (Å²) in [6, 6.07) is 34.1. The van der Waals surface area contributed by atoms with Gasteiger partial charge in [-0.1, -0.05) is 97.0 Å². The van der Waals surface area contributed by atoms with Crippen LogP contribution in [0.5, 0.6) is 11.5 Å². The van der Waals surface area contributed by atoms with Crippen molar-refractivity contribution in [3.05, 3.63) is 149 Å². The van der Waals surface area contributed by atoms with Gasteiger partial charge in [0.2, 0.25) is 0 Å². The molecule has 0 unspecified atom stereocenters. The minimum Gasteiger partial charge on any atom is -0.457 e. The molecule has 50 heavy (non-hydrogen) atoms. The summed E-state index contributed by atoms with van der Waals surface area (Å²) >= 11 is 0. The maximum Gasteiger partial charge on any atom is 0.339 e. The number of imidazole rings is 2. The first-order chi connectivity index (χ1) is 24.0. The number of fused-ring (bicyclic) bond motifs is 1. The van der Waals surface area contributed by atoms with Gasteiger partial charge in [-0.15, -0.1) is 0 Å². The highest BCUT2D eigenvalue weighted by molar-refractivity contribution is 5.81. The Labute approximate surface area is 293 Å². The van der Waals surface area contributed by atoms with E-state index in [1.54, 1.807) is 15.3 Å². The highest BCUT2D eigenvalue weighted by Crippen LogP contribution is 2.36. The van der Waals surface area contributed by atoms with Gasteiger partial charge in [0.25, 0.3) is 0 Å². The van der Waals surface area contributed by atoms with Gasteiger partial charge in [-0.2, -0.15) is 0 Å². The fourth-order valence-electron chi connectivity index (χ4n) is 6.62. The number of hydrogen-bond donors (Lipinski definition) is 0. The molecule has 252 valence electrons. The van der Waals surface area contributed by atoms with Crippen LogP contribution in [0.15, 0.2) is 127 Å². The topological polar surface area (TPSA) is 66.9 Å². The van der Waals surface area contributed by atoms with E-state index in [9.17, 15) is 4.79 Å². The molecule has 7 nitrogen and oxygen atoms in total. The first-order valence-electron chi connectivity index (χ1n) is 17.3. The molecule has 0 aliphatic rings. The van der Waals surface area contributed by atoms with Crippen LogP contribution in [0, 0.1) is 0 Å². The third kappa shape index (κ3) is 6.04. The van der Waals surface area contributed by atoms with Gasteiger partial charge in [-0.05, 0) is 82.5 Å². The van der Waals surface area contributed by atoms with E-state index in [0.29, 0.717) is 34.7 Å². The molecule has 0 radical (unpaired) electrons. The first-order valence-corrected chi connectivity index (χ1v) is 17.3. The number of hydrogen-bond acceptors (Lipinski definition) is 4. The molecule has 4 aromatic carbocycles. The second-order valence-electron chi connectivity index (χ2n) is 14.4. The van der Waals surface area contributed by atoms with Crippen LogP contribution in [0.2, 0.25) is 0 Å². The van der Waals surface area contributed by atoms with Crippen molar-refractivity contribution >= 4 is 11.0 Å². The number of aromatic nitrogens is 5. The summed E-state index contributed by atoms with van der Waals surface area (Å²) in [7, 11) is 0. The fourth-order valence-corrected chi connectivity index (χ4v) is 6.62. The van der Waals surface area contributed by atoms with E-state index in [0.717, 1.165) is 28.2 Å². The Morgan fingerprint density at radius 1 is 0.660 bits per heavy atom. The van der Waals surface area contributed by atoms with E-state index in [1.807, 2.05) is 91.3 Å². The molecule has 0 spiro atoms. The Bertz CT molecular complexity index is 2350. The maximum absolute atomic E-state index is 14.2. The SMILES string of the molecule is CC(C)c1cccc(C(C)C)c1-n1ccnc1-c1cccc(Oc2ccc3c(c2)n(-c2cc(C(C)(C)C)ccn2)c(=O)n3-c2ccccc2)c1. The van der Waals surface area contributed by atoms with Crippen molar-refractivity contribution in [2.24, 2.45) is 0 Å². The van der Waals surface area contributed by atoms with Gasteiger partial charge in [-0.25, -0.2) is 19.3 Å². The van der Waals surface area contributed by atoms with Gasteiger partial charge in [0.05, 0.1) is 22.4 Å². The second-order valence-corrected chi connectivity index (χ2v) is 14.4. The van der Waals surface area contributed by atoms with E-state index in [-0.39, 0.29) is 11.1 Å². The highest BCUT2D eigenvalue weighted by atomic mass is 16.5. The Morgan fingerprint density at radius 2 is 1.36 bits per heavy atom.